The molecule has 2 aromatic rings. The number of aromatic nitrogens is 2. The summed E-state index contributed by atoms with van der Waals surface area (Å²) in [6.07, 6.45) is 3.07. The summed E-state index contributed by atoms with van der Waals surface area (Å²) < 4.78 is 10.4. The average molecular weight is 249 g/mol. The van der Waals surface area contributed by atoms with E-state index in [1.807, 2.05) is 12.1 Å². The highest BCUT2D eigenvalue weighted by atomic mass is 16.5. The fraction of sp³-hybridized carbons (Fsp3) is 0.538. The molecular formula is C13H19N3O2. The van der Waals surface area contributed by atoms with Crippen LogP contribution in [-0.4, -0.2) is 10.1 Å². The molecule has 2 aromatic heterocycles. The minimum atomic E-state index is -0.224. The van der Waals surface area contributed by atoms with Crippen LogP contribution in [0, 0.1) is 5.41 Å². The molecule has 0 aliphatic rings. The Morgan fingerprint density at radius 1 is 1.33 bits per heavy atom. The molecule has 1 atom stereocenters. The maximum atomic E-state index is 6.07. The molecule has 98 valence electrons. The van der Waals surface area contributed by atoms with Crippen molar-refractivity contribution in [2.45, 2.75) is 39.7 Å². The van der Waals surface area contributed by atoms with Crippen LogP contribution in [0.15, 0.2) is 27.3 Å². The molecule has 0 radical (unpaired) electrons. The molecule has 0 saturated heterocycles. The fourth-order valence-electron chi connectivity index (χ4n) is 1.57. The Balaban J connectivity index is 1.98. The Hall–Kier alpha value is -1.62. The lowest BCUT2D eigenvalue weighted by atomic mass is 9.87. The standard InChI is InChI=1S/C13H19N3O2/c1-13(2,3)11(14)12-15-10(18-16-12)7-6-9-5-4-8-17-9/h4-5,8,11H,6-7,14H2,1-3H3. The lowest BCUT2D eigenvalue weighted by molar-refractivity contribution is 0.300. The van der Waals surface area contributed by atoms with Gasteiger partial charge in [-0.1, -0.05) is 25.9 Å². The molecule has 0 aromatic carbocycles. The first kappa shape index (κ1) is 12.8. The van der Waals surface area contributed by atoms with Crippen LogP contribution in [0.5, 0.6) is 0 Å². The van der Waals surface area contributed by atoms with Gasteiger partial charge in [-0.3, -0.25) is 0 Å². The van der Waals surface area contributed by atoms with Crippen molar-refractivity contribution in [2.24, 2.45) is 11.1 Å². The van der Waals surface area contributed by atoms with Gasteiger partial charge in [0.1, 0.15) is 5.76 Å². The summed E-state index contributed by atoms with van der Waals surface area (Å²) in [6.45, 7) is 6.16. The highest BCUT2D eigenvalue weighted by Gasteiger charge is 2.26. The lowest BCUT2D eigenvalue weighted by Gasteiger charge is -2.23. The van der Waals surface area contributed by atoms with Gasteiger partial charge in [-0.25, -0.2) is 0 Å². The van der Waals surface area contributed by atoms with E-state index in [-0.39, 0.29) is 11.5 Å². The molecule has 18 heavy (non-hydrogen) atoms. The molecule has 0 bridgehead atoms. The summed E-state index contributed by atoms with van der Waals surface area (Å²) in [5.74, 6) is 2.08. The van der Waals surface area contributed by atoms with Crippen LogP contribution in [0.4, 0.5) is 0 Å². The van der Waals surface area contributed by atoms with Crippen LogP contribution in [0.25, 0.3) is 0 Å². The molecule has 0 saturated carbocycles. The van der Waals surface area contributed by atoms with E-state index in [4.69, 9.17) is 14.7 Å². The first-order valence-electron chi connectivity index (χ1n) is 6.07. The van der Waals surface area contributed by atoms with Crippen LogP contribution in [0.1, 0.15) is 44.3 Å². The molecule has 0 fully saturated rings. The summed E-state index contributed by atoms with van der Waals surface area (Å²) in [5, 5.41) is 3.94. The molecule has 1 unspecified atom stereocenters. The van der Waals surface area contributed by atoms with Gasteiger partial charge in [0.05, 0.1) is 12.3 Å². The van der Waals surface area contributed by atoms with Gasteiger partial charge in [0.25, 0.3) is 0 Å². The van der Waals surface area contributed by atoms with E-state index >= 15 is 0 Å². The minimum Gasteiger partial charge on any atom is -0.469 e. The van der Waals surface area contributed by atoms with Crippen molar-refractivity contribution in [3.05, 3.63) is 35.9 Å². The van der Waals surface area contributed by atoms with E-state index in [0.29, 0.717) is 18.1 Å². The molecule has 5 heteroatoms. The fourth-order valence-corrected chi connectivity index (χ4v) is 1.57. The second-order valence-corrected chi connectivity index (χ2v) is 5.47. The average Bonchev–Trinajstić information content (AvgIpc) is 2.95. The Morgan fingerprint density at radius 3 is 2.72 bits per heavy atom. The smallest absolute Gasteiger partial charge is 0.227 e. The van der Waals surface area contributed by atoms with Crippen LogP contribution in [0.2, 0.25) is 0 Å². The van der Waals surface area contributed by atoms with Gasteiger partial charge in [-0.2, -0.15) is 4.98 Å². The summed E-state index contributed by atoms with van der Waals surface area (Å²) in [6, 6.07) is 3.57. The largest absolute Gasteiger partial charge is 0.469 e. The summed E-state index contributed by atoms with van der Waals surface area (Å²) in [7, 11) is 0. The third-order valence-corrected chi connectivity index (χ3v) is 2.86. The zero-order chi connectivity index (χ0) is 13.2. The molecule has 0 aliphatic heterocycles. The Morgan fingerprint density at radius 2 is 2.11 bits per heavy atom. The van der Waals surface area contributed by atoms with Gasteiger partial charge < -0.3 is 14.7 Å². The number of hydrogen-bond acceptors (Lipinski definition) is 5. The van der Waals surface area contributed by atoms with Crippen molar-refractivity contribution in [3.63, 3.8) is 0 Å². The van der Waals surface area contributed by atoms with E-state index in [9.17, 15) is 0 Å². The molecule has 5 nitrogen and oxygen atoms in total. The first-order chi connectivity index (χ1) is 8.47. The second-order valence-electron chi connectivity index (χ2n) is 5.47. The number of rotatable bonds is 4. The van der Waals surface area contributed by atoms with E-state index in [1.165, 1.54) is 0 Å². The second kappa shape index (κ2) is 4.94. The third kappa shape index (κ3) is 2.98. The van der Waals surface area contributed by atoms with Crippen molar-refractivity contribution in [1.29, 1.82) is 0 Å². The number of aryl methyl sites for hydroxylation is 2. The van der Waals surface area contributed by atoms with Crippen molar-refractivity contribution in [1.82, 2.24) is 10.1 Å². The van der Waals surface area contributed by atoms with E-state index in [2.05, 4.69) is 30.9 Å². The van der Waals surface area contributed by atoms with Crippen LogP contribution < -0.4 is 5.73 Å². The van der Waals surface area contributed by atoms with Gasteiger partial charge in [0, 0.05) is 12.8 Å². The zero-order valence-electron chi connectivity index (χ0n) is 11.0. The topological polar surface area (TPSA) is 78.1 Å². The van der Waals surface area contributed by atoms with Crippen molar-refractivity contribution in [2.75, 3.05) is 0 Å². The van der Waals surface area contributed by atoms with Crippen molar-refractivity contribution < 1.29 is 8.94 Å². The number of hydrogen-bond donors (Lipinski definition) is 1. The van der Waals surface area contributed by atoms with Crippen LogP contribution >= 0.6 is 0 Å². The highest BCUT2D eigenvalue weighted by Crippen LogP contribution is 2.28. The Labute approximate surface area is 106 Å². The Kier molecular flexibility index (Phi) is 3.52. The monoisotopic (exact) mass is 249 g/mol. The quantitative estimate of drug-likeness (QED) is 0.900. The lowest BCUT2D eigenvalue weighted by Crippen LogP contribution is -2.27. The molecule has 2 heterocycles. The van der Waals surface area contributed by atoms with Crippen LogP contribution in [0.3, 0.4) is 0 Å². The maximum absolute atomic E-state index is 6.07. The van der Waals surface area contributed by atoms with Crippen molar-refractivity contribution >= 4 is 0 Å². The molecular weight excluding hydrogens is 230 g/mol. The number of nitrogens with zero attached hydrogens (tertiary/aromatic N) is 2. The normalized spacial score (nSPS) is 13.8. The highest BCUT2D eigenvalue weighted by molar-refractivity contribution is 5.02. The molecule has 2 N–H and O–H groups in total. The minimum absolute atomic E-state index is 0.0812. The third-order valence-electron chi connectivity index (χ3n) is 2.86. The van der Waals surface area contributed by atoms with Gasteiger partial charge in [-0.15, -0.1) is 0 Å². The SMILES string of the molecule is CC(C)(C)C(N)c1noc(CCc2ccco2)n1. The van der Waals surface area contributed by atoms with Crippen LogP contribution in [-0.2, 0) is 12.8 Å². The van der Waals surface area contributed by atoms with E-state index < -0.39 is 0 Å². The molecule has 0 aliphatic carbocycles. The molecule has 2 rings (SSSR count). The van der Waals surface area contributed by atoms with E-state index in [0.717, 1.165) is 12.2 Å². The maximum Gasteiger partial charge on any atom is 0.227 e. The van der Waals surface area contributed by atoms with Gasteiger partial charge in [0.15, 0.2) is 5.82 Å². The van der Waals surface area contributed by atoms with Gasteiger partial charge in [0.2, 0.25) is 5.89 Å². The Bertz CT molecular complexity index is 483. The molecule has 0 spiro atoms. The van der Waals surface area contributed by atoms with Crippen molar-refractivity contribution in [3.8, 4) is 0 Å². The van der Waals surface area contributed by atoms with Gasteiger partial charge >= 0.3 is 0 Å². The summed E-state index contributed by atoms with van der Waals surface area (Å²) >= 11 is 0. The number of nitrogens with two attached hydrogens (primary N) is 1. The van der Waals surface area contributed by atoms with E-state index in [1.54, 1.807) is 6.26 Å². The first-order valence-corrected chi connectivity index (χ1v) is 6.07. The zero-order valence-corrected chi connectivity index (χ0v) is 11.0. The predicted octanol–water partition coefficient (Wildman–Crippen LogP) is 2.49. The predicted molar refractivity (Wildman–Crippen MR) is 66.8 cm³/mol. The summed E-state index contributed by atoms with van der Waals surface area (Å²) in [5.41, 5.74) is 5.99. The summed E-state index contributed by atoms with van der Waals surface area (Å²) in [4.78, 5) is 4.33. The number of furan rings is 1. The van der Waals surface area contributed by atoms with Gasteiger partial charge in [-0.05, 0) is 17.5 Å². The molecule has 0 amide bonds.